The summed E-state index contributed by atoms with van der Waals surface area (Å²) in [5.74, 6) is 0.485. The molecule has 4 aromatic rings. The average Bonchev–Trinajstić information content (AvgIpc) is 2.92. The molecule has 13 heteroatoms. The van der Waals surface area contributed by atoms with Crippen LogP contribution in [0.15, 0.2) is 85.1 Å². The molecular weight excluding hydrogens is 571 g/mol. The molecule has 0 aliphatic carbocycles. The number of nitrogens with zero attached hydrogens (tertiary/aromatic N) is 3. The number of Topliss-reactive ketones (excluding diaryl/α,β-unsaturated/α-hetero) is 1. The molecule has 42 heavy (non-hydrogen) atoms. The topological polar surface area (TPSA) is 117 Å². The van der Waals surface area contributed by atoms with E-state index in [4.69, 9.17) is 4.55 Å². The van der Waals surface area contributed by atoms with Crippen LogP contribution in [0.5, 0.6) is 5.75 Å². The number of carbonyl (C=O) groups is 1. The van der Waals surface area contributed by atoms with E-state index >= 15 is 0 Å². The quantitative estimate of drug-likeness (QED) is 0.167. The highest BCUT2D eigenvalue weighted by atomic mass is 32.2. The van der Waals surface area contributed by atoms with E-state index in [2.05, 4.69) is 24.7 Å². The molecule has 1 atom stereocenters. The number of anilines is 5. The van der Waals surface area contributed by atoms with Gasteiger partial charge < -0.3 is 15.0 Å². The van der Waals surface area contributed by atoms with Crippen molar-refractivity contribution in [3.8, 4) is 5.75 Å². The van der Waals surface area contributed by atoms with Crippen LogP contribution in [0.3, 0.4) is 0 Å². The first-order valence-corrected chi connectivity index (χ1v) is 13.7. The molecular formula is C29H28F3N5O4S. The SMILES string of the molecule is CN(c1ccc(CC(=O)C(C)(C)c2ccc(OC(F)(F)F)cc2)cc1)c1ccnc(Nc2cccc(NS(=O)O)c2)n1. The molecule has 3 N–H and O–H groups in total. The number of benzene rings is 3. The number of alkyl halides is 3. The van der Waals surface area contributed by atoms with Crippen LogP contribution in [-0.2, 0) is 27.9 Å². The van der Waals surface area contributed by atoms with Crippen molar-refractivity contribution in [3.05, 3.63) is 96.2 Å². The van der Waals surface area contributed by atoms with Gasteiger partial charge in [0.1, 0.15) is 17.4 Å². The van der Waals surface area contributed by atoms with Crippen LogP contribution in [-0.4, -0.2) is 37.9 Å². The first-order valence-electron chi connectivity index (χ1n) is 12.6. The number of ketones is 1. The fourth-order valence-corrected chi connectivity index (χ4v) is 4.43. The molecule has 0 saturated carbocycles. The lowest BCUT2D eigenvalue weighted by atomic mass is 9.78. The Bertz CT molecular complexity index is 1570. The lowest BCUT2D eigenvalue weighted by Gasteiger charge is -2.24. The molecule has 0 saturated heterocycles. The van der Waals surface area contributed by atoms with Crippen molar-refractivity contribution >= 4 is 45.9 Å². The Hall–Kier alpha value is -4.49. The Balaban J connectivity index is 1.41. The molecule has 9 nitrogen and oxygen atoms in total. The molecule has 4 rings (SSSR count). The van der Waals surface area contributed by atoms with Gasteiger partial charge in [-0.1, -0.05) is 30.3 Å². The molecule has 3 aromatic carbocycles. The second kappa shape index (κ2) is 12.6. The number of aromatic nitrogens is 2. The maximum Gasteiger partial charge on any atom is 0.573 e. The number of nitrogens with one attached hydrogen (secondary N) is 2. The predicted octanol–water partition coefficient (Wildman–Crippen LogP) is 6.52. The number of rotatable bonds is 11. The van der Waals surface area contributed by atoms with Gasteiger partial charge in [-0.05, 0) is 73.5 Å². The summed E-state index contributed by atoms with van der Waals surface area (Å²) in [4.78, 5) is 23.8. The Morgan fingerprint density at radius 1 is 1.00 bits per heavy atom. The summed E-state index contributed by atoms with van der Waals surface area (Å²) in [6.45, 7) is 3.47. The molecule has 1 aromatic heterocycles. The standard InChI is InChI=1S/C29H28F3N5O4S/c1-28(2,20-9-13-24(14-10-20)41-29(30,31)32)25(38)17-19-7-11-23(12-8-19)37(3)26-15-16-33-27(35-26)34-21-5-4-6-22(18-21)36-42(39)40/h4-16,18,36H,17H2,1-3H3,(H,39,40)(H,33,34,35). The minimum absolute atomic E-state index is 0.0934. The summed E-state index contributed by atoms with van der Waals surface area (Å²) in [7, 11) is 1.84. The summed E-state index contributed by atoms with van der Waals surface area (Å²) in [5.41, 5.74) is 2.31. The van der Waals surface area contributed by atoms with Gasteiger partial charge in [0.2, 0.25) is 5.95 Å². The Labute approximate surface area is 243 Å². The van der Waals surface area contributed by atoms with Crippen molar-refractivity contribution in [3.63, 3.8) is 0 Å². The van der Waals surface area contributed by atoms with Gasteiger partial charge in [0.25, 0.3) is 11.3 Å². The highest BCUT2D eigenvalue weighted by Gasteiger charge is 2.32. The number of carbonyl (C=O) groups excluding carboxylic acids is 1. The van der Waals surface area contributed by atoms with Gasteiger partial charge in [-0.25, -0.2) is 9.19 Å². The Kier molecular flexibility index (Phi) is 9.12. The van der Waals surface area contributed by atoms with Gasteiger partial charge in [0.05, 0.1) is 5.69 Å². The van der Waals surface area contributed by atoms with Crippen LogP contribution >= 0.6 is 0 Å². The zero-order chi connectivity index (χ0) is 30.5. The third-order valence-corrected chi connectivity index (χ3v) is 6.91. The lowest BCUT2D eigenvalue weighted by Crippen LogP contribution is -2.30. The first kappa shape index (κ1) is 30.5. The third kappa shape index (κ3) is 8.04. The third-order valence-electron chi connectivity index (χ3n) is 6.50. The number of hydrogen-bond donors (Lipinski definition) is 3. The highest BCUT2D eigenvalue weighted by molar-refractivity contribution is 7.80. The van der Waals surface area contributed by atoms with E-state index < -0.39 is 23.0 Å². The van der Waals surface area contributed by atoms with Crippen LogP contribution in [0.25, 0.3) is 0 Å². The van der Waals surface area contributed by atoms with Crippen LogP contribution in [0.2, 0.25) is 0 Å². The molecule has 0 aliphatic rings. The molecule has 1 unspecified atom stereocenters. The van der Waals surface area contributed by atoms with Gasteiger partial charge in [0.15, 0.2) is 0 Å². The zero-order valence-electron chi connectivity index (χ0n) is 22.8. The molecule has 0 fully saturated rings. The highest BCUT2D eigenvalue weighted by Crippen LogP contribution is 2.30. The van der Waals surface area contributed by atoms with E-state index in [1.165, 1.54) is 24.3 Å². The van der Waals surface area contributed by atoms with Crippen molar-refractivity contribution in [2.24, 2.45) is 0 Å². The number of halogens is 3. The number of ether oxygens (including phenoxy) is 1. The molecule has 220 valence electrons. The normalized spacial score (nSPS) is 12.4. The fraction of sp³-hybridized carbons (Fsp3) is 0.207. The van der Waals surface area contributed by atoms with Gasteiger partial charge >= 0.3 is 6.36 Å². The van der Waals surface area contributed by atoms with E-state index in [0.29, 0.717) is 28.7 Å². The van der Waals surface area contributed by atoms with E-state index in [1.807, 2.05) is 36.2 Å². The molecule has 0 aliphatic heterocycles. The summed E-state index contributed by atoms with van der Waals surface area (Å²) < 4.78 is 63.7. The van der Waals surface area contributed by atoms with Crippen molar-refractivity contribution < 1.29 is 31.5 Å². The van der Waals surface area contributed by atoms with Crippen LogP contribution in [0.1, 0.15) is 25.0 Å². The van der Waals surface area contributed by atoms with Crippen molar-refractivity contribution in [1.29, 1.82) is 0 Å². The predicted molar refractivity (Wildman–Crippen MR) is 156 cm³/mol. The molecule has 0 amide bonds. The van der Waals surface area contributed by atoms with Crippen molar-refractivity contribution in [1.82, 2.24) is 9.97 Å². The minimum Gasteiger partial charge on any atom is -0.406 e. The fourth-order valence-electron chi connectivity index (χ4n) is 4.10. The Morgan fingerprint density at radius 2 is 1.67 bits per heavy atom. The maximum absolute atomic E-state index is 13.2. The summed E-state index contributed by atoms with van der Waals surface area (Å²) in [6, 6.07) is 21.2. The second-order valence-electron chi connectivity index (χ2n) is 9.82. The summed E-state index contributed by atoms with van der Waals surface area (Å²) in [6.07, 6.45) is -3.05. The van der Waals surface area contributed by atoms with Gasteiger partial charge in [-0.3, -0.25) is 14.1 Å². The monoisotopic (exact) mass is 599 g/mol. The maximum atomic E-state index is 13.2. The smallest absolute Gasteiger partial charge is 0.406 e. The van der Waals surface area contributed by atoms with Crippen LogP contribution in [0, 0.1) is 0 Å². The zero-order valence-corrected chi connectivity index (χ0v) is 23.7. The summed E-state index contributed by atoms with van der Waals surface area (Å²) in [5, 5.41) is 3.07. The van der Waals surface area contributed by atoms with Crippen molar-refractivity contribution in [2.75, 3.05) is 22.0 Å². The first-order chi connectivity index (χ1) is 19.8. The van der Waals surface area contributed by atoms with E-state index in [9.17, 15) is 22.2 Å². The largest absolute Gasteiger partial charge is 0.573 e. The molecule has 0 bridgehead atoms. The average molecular weight is 600 g/mol. The van der Waals surface area contributed by atoms with Crippen LogP contribution in [0.4, 0.5) is 42.0 Å². The molecule has 1 heterocycles. The van der Waals surface area contributed by atoms with Gasteiger partial charge in [0, 0.05) is 36.5 Å². The van der Waals surface area contributed by atoms with Crippen LogP contribution < -0.4 is 19.7 Å². The minimum atomic E-state index is -4.78. The van der Waals surface area contributed by atoms with Gasteiger partial charge in [-0.2, -0.15) is 4.98 Å². The summed E-state index contributed by atoms with van der Waals surface area (Å²) >= 11 is -2.19. The second-order valence-corrected chi connectivity index (χ2v) is 10.5. The van der Waals surface area contributed by atoms with E-state index in [1.54, 1.807) is 50.4 Å². The lowest BCUT2D eigenvalue weighted by molar-refractivity contribution is -0.274. The van der Waals surface area contributed by atoms with Crippen molar-refractivity contribution in [2.45, 2.75) is 32.0 Å². The van der Waals surface area contributed by atoms with E-state index in [0.717, 1.165) is 11.3 Å². The van der Waals surface area contributed by atoms with Gasteiger partial charge in [-0.15, -0.1) is 13.2 Å². The molecule has 0 radical (unpaired) electrons. The number of hydrogen-bond acceptors (Lipinski definition) is 7. The molecule has 0 spiro atoms. The van der Waals surface area contributed by atoms with E-state index in [-0.39, 0.29) is 18.0 Å². The Morgan fingerprint density at radius 3 is 2.31 bits per heavy atom.